The number of hydrogen-bond acceptors (Lipinski definition) is 1. The molecular weight excluding hydrogens is 699 g/mol. The first-order chi connectivity index (χ1) is 27.9. The first-order valence-electron chi connectivity index (χ1n) is 22.8. The van der Waals surface area contributed by atoms with Gasteiger partial charge in [-0.1, -0.05) is 138 Å². The van der Waals surface area contributed by atoms with Gasteiger partial charge >= 0.3 is 0 Å². The molecule has 2 bridgehead atoms. The van der Waals surface area contributed by atoms with E-state index in [1.54, 1.807) is 16.7 Å². The van der Waals surface area contributed by atoms with Crippen molar-refractivity contribution in [2.75, 3.05) is 4.90 Å². The van der Waals surface area contributed by atoms with Crippen LogP contribution in [-0.4, -0.2) is 0 Å². The summed E-state index contributed by atoms with van der Waals surface area (Å²) in [5.41, 5.74) is 21.3. The Kier molecular flexibility index (Phi) is 6.47. The normalized spacial score (nSPS) is 32.4. The molecule has 0 aliphatic heterocycles. The number of allylic oxidation sites excluding steroid dienone is 4. The Labute approximate surface area is 346 Å². The van der Waals surface area contributed by atoms with E-state index in [0.29, 0.717) is 16.7 Å². The van der Waals surface area contributed by atoms with Gasteiger partial charge in [0.05, 0.1) is 5.69 Å². The highest BCUT2D eigenvalue weighted by Gasteiger charge is 2.84. The third kappa shape index (κ3) is 3.96. The topological polar surface area (TPSA) is 3.24 Å². The van der Waals surface area contributed by atoms with E-state index in [0.717, 1.165) is 30.1 Å². The van der Waals surface area contributed by atoms with E-state index in [-0.39, 0.29) is 16.2 Å². The van der Waals surface area contributed by atoms with Crippen molar-refractivity contribution < 1.29 is 0 Å². The number of rotatable bonds is 4. The van der Waals surface area contributed by atoms with Crippen molar-refractivity contribution in [2.45, 2.75) is 97.3 Å². The summed E-state index contributed by atoms with van der Waals surface area (Å²) in [4.78, 5) is 2.66. The molecule has 7 unspecified atom stereocenters. The van der Waals surface area contributed by atoms with Gasteiger partial charge in [0.1, 0.15) is 0 Å². The van der Waals surface area contributed by atoms with Gasteiger partial charge in [0, 0.05) is 27.8 Å². The maximum Gasteiger partial charge on any atom is 0.0539 e. The van der Waals surface area contributed by atoms with Gasteiger partial charge in [0.15, 0.2) is 0 Å². The number of nitrogens with zero attached hydrogens (tertiary/aromatic N) is 1. The van der Waals surface area contributed by atoms with E-state index < -0.39 is 0 Å². The van der Waals surface area contributed by atoms with E-state index >= 15 is 0 Å². The minimum Gasteiger partial charge on any atom is -0.310 e. The molecule has 5 aromatic rings. The SMILES string of the molecule is CC1(C)CCC(C)(C)C2CC=C(c3ccccc3N(c3ccc4c(c3)C(C)(C)c3ccccc3-4)c3ccc4c(c3)C3(c5ccccc5-4)C4CC5CC6CC3C64C5)C=C21. The van der Waals surface area contributed by atoms with Crippen molar-refractivity contribution in [1.29, 1.82) is 0 Å². The van der Waals surface area contributed by atoms with E-state index in [2.05, 4.69) is 168 Å². The molecule has 1 nitrogen and oxygen atoms in total. The Morgan fingerprint density at radius 2 is 1.19 bits per heavy atom. The van der Waals surface area contributed by atoms with Crippen molar-refractivity contribution in [3.63, 3.8) is 0 Å². The third-order valence-corrected chi connectivity index (χ3v) is 18.5. The van der Waals surface area contributed by atoms with E-state index in [1.807, 2.05) is 0 Å². The summed E-state index contributed by atoms with van der Waals surface area (Å²) in [7, 11) is 0. The largest absolute Gasteiger partial charge is 0.310 e. The molecule has 2 spiro atoms. The molecule has 5 fully saturated rings. The van der Waals surface area contributed by atoms with Crippen LogP contribution in [0, 0.1) is 45.8 Å². The van der Waals surface area contributed by atoms with Crippen LogP contribution in [0.5, 0.6) is 0 Å². The van der Waals surface area contributed by atoms with E-state index in [9.17, 15) is 0 Å². The van der Waals surface area contributed by atoms with Gasteiger partial charge in [-0.25, -0.2) is 0 Å². The fraction of sp³-hybridized carbons (Fsp3) is 0.404. The lowest BCUT2D eigenvalue weighted by Crippen LogP contribution is -2.73. The van der Waals surface area contributed by atoms with Crippen LogP contribution in [0.4, 0.5) is 17.1 Å². The maximum absolute atomic E-state index is 2.70. The molecule has 0 radical (unpaired) electrons. The second kappa shape index (κ2) is 10.9. The van der Waals surface area contributed by atoms with Crippen LogP contribution in [0.2, 0.25) is 0 Å². The van der Waals surface area contributed by atoms with Crippen LogP contribution in [0.1, 0.15) is 114 Å². The van der Waals surface area contributed by atoms with Crippen LogP contribution < -0.4 is 4.90 Å². The lowest BCUT2D eigenvalue weighted by atomic mass is 9.27. The molecule has 58 heavy (non-hydrogen) atoms. The van der Waals surface area contributed by atoms with Crippen molar-refractivity contribution in [3.8, 4) is 22.3 Å². The summed E-state index contributed by atoms with van der Waals surface area (Å²) in [6, 6.07) is 43.1. The molecule has 290 valence electrons. The second-order valence-corrected chi connectivity index (χ2v) is 22.0. The van der Waals surface area contributed by atoms with Crippen molar-refractivity contribution in [2.24, 2.45) is 45.8 Å². The van der Waals surface area contributed by atoms with Gasteiger partial charge in [-0.05, 0) is 171 Å². The highest BCUT2D eigenvalue weighted by Crippen LogP contribution is 2.89. The summed E-state index contributed by atoms with van der Waals surface area (Å²) in [6.45, 7) is 14.9. The van der Waals surface area contributed by atoms with Crippen LogP contribution in [0.25, 0.3) is 27.8 Å². The van der Waals surface area contributed by atoms with E-state index in [1.165, 1.54) is 100 Å². The molecule has 0 aromatic heterocycles. The van der Waals surface area contributed by atoms with Gasteiger partial charge < -0.3 is 4.90 Å². The lowest BCUT2D eigenvalue weighted by molar-refractivity contribution is -0.231. The predicted molar refractivity (Wildman–Crippen MR) is 241 cm³/mol. The number of hydrogen-bond donors (Lipinski definition) is 0. The first-order valence-corrected chi connectivity index (χ1v) is 22.8. The monoisotopic (exact) mass is 755 g/mol. The highest BCUT2D eigenvalue weighted by atomic mass is 15.1. The smallest absolute Gasteiger partial charge is 0.0539 e. The van der Waals surface area contributed by atoms with Crippen molar-refractivity contribution >= 4 is 22.6 Å². The molecular formula is C57H57N. The molecule has 0 heterocycles. The Morgan fingerprint density at radius 1 is 0.569 bits per heavy atom. The standard InChI is InChI=1S/C57H57N/c1-53(2)25-26-54(3,4)49-29-35(19-24-46(49)53)39-13-9-12-18-50(39)58(37-20-22-42-40-14-7-10-16-44(40)55(5,6)47(42)31-37)38-21-23-43-41-15-8-11-17-45(41)57(48(43)32-38)51-28-34-27-36-30-52(57)56(36,51)33-34/h7-23,29,31-32,34,36,46,51-52H,24-28,30,33H2,1-6H3. The van der Waals surface area contributed by atoms with Crippen LogP contribution in [-0.2, 0) is 10.8 Å². The molecule has 7 atom stereocenters. The predicted octanol–water partition coefficient (Wildman–Crippen LogP) is 15.0. The molecule has 0 amide bonds. The summed E-state index contributed by atoms with van der Waals surface area (Å²) < 4.78 is 0. The molecule has 8 aliphatic carbocycles. The van der Waals surface area contributed by atoms with Gasteiger partial charge in [-0.2, -0.15) is 0 Å². The van der Waals surface area contributed by atoms with Crippen LogP contribution in [0.3, 0.4) is 0 Å². The number of para-hydroxylation sites is 1. The molecule has 13 rings (SSSR count). The maximum atomic E-state index is 2.70. The molecule has 1 heteroatoms. The molecule has 0 saturated heterocycles. The van der Waals surface area contributed by atoms with Gasteiger partial charge in [-0.15, -0.1) is 0 Å². The summed E-state index contributed by atoms with van der Waals surface area (Å²) in [6.07, 6.45) is 14.7. The van der Waals surface area contributed by atoms with E-state index in [4.69, 9.17) is 0 Å². The Hall–Kier alpha value is -4.62. The lowest BCUT2D eigenvalue weighted by Gasteiger charge is -2.76. The Balaban J connectivity index is 1.02. The van der Waals surface area contributed by atoms with Crippen molar-refractivity contribution in [3.05, 3.63) is 155 Å². The summed E-state index contributed by atoms with van der Waals surface area (Å²) in [5.74, 6) is 4.09. The second-order valence-electron chi connectivity index (χ2n) is 22.0. The average molecular weight is 756 g/mol. The highest BCUT2D eigenvalue weighted by molar-refractivity contribution is 5.93. The number of anilines is 3. The van der Waals surface area contributed by atoms with Gasteiger partial charge in [0.25, 0.3) is 0 Å². The fourth-order valence-electron chi connectivity index (χ4n) is 15.9. The zero-order valence-electron chi connectivity index (χ0n) is 35.3. The zero-order valence-corrected chi connectivity index (χ0v) is 35.3. The average Bonchev–Trinajstić information content (AvgIpc) is 3.92. The van der Waals surface area contributed by atoms with Crippen LogP contribution >= 0.6 is 0 Å². The van der Waals surface area contributed by atoms with Crippen molar-refractivity contribution in [1.82, 2.24) is 0 Å². The summed E-state index contributed by atoms with van der Waals surface area (Å²) >= 11 is 0. The number of benzene rings is 5. The third-order valence-electron chi connectivity index (χ3n) is 18.5. The molecule has 8 aliphatic rings. The molecule has 5 aromatic carbocycles. The fourth-order valence-corrected chi connectivity index (χ4v) is 15.9. The first kappa shape index (κ1) is 34.3. The Morgan fingerprint density at radius 3 is 1.95 bits per heavy atom. The quantitative estimate of drug-likeness (QED) is 0.177. The van der Waals surface area contributed by atoms with Gasteiger partial charge in [0.2, 0.25) is 0 Å². The minimum atomic E-state index is -0.0791. The molecule has 0 N–H and O–H groups in total. The number of fused-ring (bicyclic) bond motifs is 12. The summed E-state index contributed by atoms with van der Waals surface area (Å²) in [5, 5.41) is 0. The van der Waals surface area contributed by atoms with Gasteiger partial charge in [-0.3, -0.25) is 0 Å². The molecule has 5 saturated carbocycles. The Bertz CT molecular complexity index is 2700. The van der Waals surface area contributed by atoms with Crippen LogP contribution in [0.15, 0.2) is 127 Å². The minimum absolute atomic E-state index is 0.0791. The zero-order chi connectivity index (χ0) is 39.1.